The van der Waals surface area contributed by atoms with Gasteiger partial charge in [-0.15, -0.1) is 0 Å². The Hall–Kier alpha value is -2.31. The van der Waals surface area contributed by atoms with Gasteiger partial charge in [0.05, 0.1) is 5.70 Å². The molecule has 0 spiro atoms. The third-order valence-electron chi connectivity index (χ3n) is 3.09. The van der Waals surface area contributed by atoms with E-state index < -0.39 is 30.6 Å². The van der Waals surface area contributed by atoms with Gasteiger partial charge in [-0.3, -0.25) is 9.59 Å². The summed E-state index contributed by atoms with van der Waals surface area (Å²) >= 11 is 0. The van der Waals surface area contributed by atoms with Crippen molar-refractivity contribution in [1.82, 2.24) is 10.2 Å². The number of halogens is 3. The van der Waals surface area contributed by atoms with E-state index in [1.165, 1.54) is 0 Å². The molecule has 112 valence electrons. The van der Waals surface area contributed by atoms with E-state index in [1.807, 2.05) is 0 Å². The second-order valence-electron chi connectivity index (χ2n) is 4.72. The average Bonchev–Trinajstić information content (AvgIpc) is 2.40. The van der Waals surface area contributed by atoms with Gasteiger partial charge in [-0.05, 0) is 5.56 Å². The summed E-state index contributed by atoms with van der Waals surface area (Å²) in [5, 5.41) is 2.22. The van der Waals surface area contributed by atoms with Crippen molar-refractivity contribution in [3.8, 4) is 0 Å². The summed E-state index contributed by atoms with van der Waals surface area (Å²) in [6.45, 7) is 1.80. The Morgan fingerprint density at radius 3 is 2.38 bits per heavy atom. The van der Waals surface area contributed by atoms with E-state index >= 15 is 0 Å². The number of nitrogens with one attached hydrogen (secondary N) is 1. The van der Waals surface area contributed by atoms with Crippen LogP contribution in [-0.2, 0) is 16.0 Å². The largest absolute Gasteiger partial charge is 0.406 e. The zero-order valence-corrected chi connectivity index (χ0v) is 11.0. The van der Waals surface area contributed by atoms with Crippen LogP contribution in [0.1, 0.15) is 5.56 Å². The topological polar surface area (TPSA) is 49.4 Å². The van der Waals surface area contributed by atoms with Gasteiger partial charge in [-0.1, -0.05) is 36.9 Å². The summed E-state index contributed by atoms with van der Waals surface area (Å²) in [5.41, 5.74) is 0.332. The fourth-order valence-corrected chi connectivity index (χ4v) is 2.16. The maximum Gasteiger partial charge on any atom is 0.406 e. The minimum atomic E-state index is -4.58. The molecule has 7 heteroatoms. The standard InChI is InChI=1S/C14H13F3N2O2/c1-9-13(21)19(8-14(15,16)17)11(12(20)18-9)7-10-5-3-2-4-6-10/h2-6,11H,1,7-8H2,(H,18,20)/t11-/m0/s1. The molecule has 0 bridgehead atoms. The van der Waals surface area contributed by atoms with E-state index in [2.05, 4.69) is 11.9 Å². The highest BCUT2D eigenvalue weighted by Crippen LogP contribution is 2.23. The van der Waals surface area contributed by atoms with Gasteiger partial charge in [0.2, 0.25) is 5.91 Å². The lowest BCUT2D eigenvalue weighted by Gasteiger charge is -2.36. The first kappa shape index (κ1) is 15.1. The number of hydrogen-bond acceptors (Lipinski definition) is 2. The quantitative estimate of drug-likeness (QED) is 0.862. The van der Waals surface area contributed by atoms with Crippen LogP contribution in [0.3, 0.4) is 0 Å². The van der Waals surface area contributed by atoms with Crippen molar-refractivity contribution in [3.63, 3.8) is 0 Å². The molecule has 4 nitrogen and oxygen atoms in total. The molecule has 1 aliphatic rings. The van der Waals surface area contributed by atoms with Gasteiger partial charge in [0, 0.05) is 6.42 Å². The van der Waals surface area contributed by atoms with E-state index in [1.54, 1.807) is 30.3 Å². The number of piperazine rings is 1. The van der Waals surface area contributed by atoms with Crippen LogP contribution in [0, 0.1) is 0 Å². The first-order valence-electron chi connectivity index (χ1n) is 6.19. The van der Waals surface area contributed by atoms with Crippen LogP contribution < -0.4 is 5.32 Å². The van der Waals surface area contributed by atoms with Crippen molar-refractivity contribution in [2.75, 3.05) is 6.54 Å². The molecule has 0 unspecified atom stereocenters. The molecule has 1 aromatic rings. The van der Waals surface area contributed by atoms with Crippen molar-refractivity contribution >= 4 is 11.8 Å². The maximum absolute atomic E-state index is 12.6. The minimum Gasteiger partial charge on any atom is -0.320 e. The Bertz CT molecular complexity index is 569. The van der Waals surface area contributed by atoms with Gasteiger partial charge in [0.25, 0.3) is 5.91 Å². The van der Waals surface area contributed by atoms with Gasteiger partial charge in [-0.2, -0.15) is 13.2 Å². The van der Waals surface area contributed by atoms with Crippen LogP contribution in [0.25, 0.3) is 0 Å². The molecule has 2 rings (SSSR count). The zero-order valence-electron chi connectivity index (χ0n) is 11.0. The van der Waals surface area contributed by atoms with E-state index in [0.717, 1.165) is 0 Å². The Balaban J connectivity index is 2.27. The second-order valence-corrected chi connectivity index (χ2v) is 4.72. The number of alkyl halides is 3. The van der Waals surface area contributed by atoms with Crippen LogP contribution in [0.2, 0.25) is 0 Å². The van der Waals surface area contributed by atoms with Crippen LogP contribution in [0.4, 0.5) is 13.2 Å². The zero-order chi connectivity index (χ0) is 15.6. The van der Waals surface area contributed by atoms with E-state index in [0.29, 0.717) is 10.5 Å². The molecule has 2 amide bonds. The molecule has 21 heavy (non-hydrogen) atoms. The molecular weight excluding hydrogens is 285 g/mol. The number of nitrogens with zero attached hydrogens (tertiary/aromatic N) is 1. The monoisotopic (exact) mass is 298 g/mol. The highest BCUT2D eigenvalue weighted by Gasteiger charge is 2.43. The summed E-state index contributed by atoms with van der Waals surface area (Å²) in [7, 11) is 0. The fourth-order valence-electron chi connectivity index (χ4n) is 2.16. The summed E-state index contributed by atoms with van der Waals surface area (Å²) < 4.78 is 37.9. The number of carbonyl (C=O) groups excluding carboxylic acids is 2. The molecule has 1 fully saturated rings. The third-order valence-corrected chi connectivity index (χ3v) is 3.09. The van der Waals surface area contributed by atoms with Crippen molar-refractivity contribution in [2.45, 2.75) is 18.6 Å². The predicted octanol–water partition coefficient (Wildman–Crippen LogP) is 1.63. The second kappa shape index (κ2) is 5.59. The molecule has 0 radical (unpaired) electrons. The summed E-state index contributed by atoms with van der Waals surface area (Å²) in [5.74, 6) is -1.57. The smallest absolute Gasteiger partial charge is 0.320 e. The Kier molecular flexibility index (Phi) is 4.02. The van der Waals surface area contributed by atoms with Crippen LogP contribution >= 0.6 is 0 Å². The number of carbonyl (C=O) groups is 2. The summed E-state index contributed by atoms with van der Waals surface area (Å²) in [6, 6.07) is 7.35. The number of amides is 2. The highest BCUT2D eigenvalue weighted by atomic mass is 19.4. The Labute approximate surface area is 119 Å². The van der Waals surface area contributed by atoms with Gasteiger partial charge in [-0.25, -0.2) is 0 Å². The SMILES string of the molecule is C=C1NC(=O)[C@H](Cc2ccccc2)N(CC(F)(F)F)C1=O. The van der Waals surface area contributed by atoms with E-state index in [-0.39, 0.29) is 12.1 Å². The molecule has 0 saturated carbocycles. The van der Waals surface area contributed by atoms with E-state index in [9.17, 15) is 22.8 Å². The van der Waals surface area contributed by atoms with Crippen molar-refractivity contribution in [3.05, 3.63) is 48.2 Å². The predicted molar refractivity (Wildman–Crippen MR) is 69.0 cm³/mol. The molecule has 1 atom stereocenters. The fraction of sp³-hybridized carbons (Fsp3) is 0.286. The average molecular weight is 298 g/mol. The van der Waals surface area contributed by atoms with E-state index in [4.69, 9.17) is 0 Å². The van der Waals surface area contributed by atoms with Gasteiger partial charge in [0.15, 0.2) is 0 Å². The molecule has 1 heterocycles. The van der Waals surface area contributed by atoms with Crippen LogP contribution in [0.5, 0.6) is 0 Å². The molecule has 1 aliphatic heterocycles. The number of rotatable bonds is 3. The first-order valence-corrected chi connectivity index (χ1v) is 6.19. The highest BCUT2D eigenvalue weighted by molar-refractivity contribution is 6.04. The number of hydrogen-bond donors (Lipinski definition) is 1. The number of benzene rings is 1. The van der Waals surface area contributed by atoms with Crippen molar-refractivity contribution in [2.24, 2.45) is 0 Å². The normalized spacial score (nSPS) is 19.7. The summed E-state index contributed by atoms with van der Waals surface area (Å²) in [6.07, 6.45) is -4.57. The Morgan fingerprint density at radius 2 is 1.81 bits per heavy atom. The van der Waals surface area contributed by atoms with Crippen LogP contribution in [0.15, 0.2) is 42.6 Å². The third kappa shape index (κ3) is 3.62. The summed E-state index contributed by atoms with van der Waals surface area (Å²) in [4.78, 5) is 24.3. The lowest BCUT2D eigenvalue weighted by atomic mass is 10.0. The van der Waals surface area contributed by atoms with Gasteiger partial charge in [0.1, 0.15) is 12.6 Å². The lowest BCUT2D eigenvalue weighted by Crippen LogP contribution is -2.59. The maximum atomic E-state index is 12.6. The minimum absolute atomic E-state index is 0.0156. The first-order chi connectivity index (χ1) is 9.78. The molecule has 1 saturated heterocycles. The van der Waals surface area contributed by atoms with Crippen molar-refractivity contribution in [1.29, 1.82) is 0 Å². The van der Waals surface area contributed by atoms with Gasteiger partial charge >= 0.3 is 6.18 Å². The molecule has 0 aliphatic carbocycles. The molecule has 1 aromatic carbocycles. The van der Waals surface area contributed by atoms with Crippen LogP contribution in [-0.4, -0.2) is 35.5 Å². The van der Waals surface area contributed by atoms with Gasteiger partial charge < -0.3 is 10.2 Å². The molecule has 0 aromatic heterocycles. The lowest BCUT2D eigenvalue weighted by molar-refractivity contribution is -0.168. The molecular formula is C14H13F3N2O2. The molecule has 1 N–H and O–H groups in total. The van der Waals surface area contributed by atoms with Crippen molar-refractivity contribution < 1.29 is 22.8 Å². The Morgan fingerprint density at radius 1 is 1.19 bits per heavy atom.